The number of H-pyrrole nitrogens is 1. The van der Waals surface area contributed by atoms with Crippen LogP contribution in [0.5, 0.6) is 17.2 Å². The maximum atomic E-state index is 12.4. The van der Waals surface area contributed by atoms with Gasteiger partial charge in [0.1, 0.15) is 0 Å². The van der Waals surface area contributed by atoms with E-state index in [9.17, 15) is 4.79 Å². The van der Waals surface area contributed by atoms with Crippen LogP contribution < -0.4 is 19.5 Å². The van der Waals surface area contributed by atoms with Crippen LogP contribution in [0.25, 0.3) is 10.9 Å². The van der Waals surface area contributed by atoms with Crippen molar-refractivity contribution in [3.8, 4) is 17.2 Å². The van der Waals surface area contributed by atoms with E-state index >= 15 is 0 Å². The third-order valence-electron chi connectivity index (χ3n) is 4.88. The number of carbonyl (C=O) groups excluding carboxylic acids is 1. The monoisotopic (exact) mass is 352 g/mol. The SMILES string of the molecule is COc1cc2c(c(OC)c1OC)[C@@H](c1cccc3[nH]ccc13)CC(=O)N2. The summed E-state index contributed by atoms with van der Waals surface area (Å²) in [7, 11) is 4.74. The Bertz CT molecular complexity index is 993. The average Bonchev–Trinajstić information content (AvgIpc) is 3.14. The molecule has 0 aliphatic carbocycles. The fourth-order valence-corrected chi connectivity index (χ4v) is 3.80. The molecule has 26 heavy (non-hydrogen) atoms. The standard InChI is InChI=1S/C20H20N2O4/c1-24-16-10-15-18(20(26-3)19(16)25-2)13(9-17(23)22-15)11-5-4-6-14-12(11)7-8-21-14/h4-8,10,13,21H,9H2,1-3H3,(H,22,23)/t13-/m1/s1. The van der Waals surface area contributed by atoms with Gasteiger partial charge in [-0.15, -0.1) is 0 Å². The Morgan fingerprint density at radius 2 is 1.85 bits per heavy atom. The predicted octanol–water partition coefficient (Wildman–Crippen LogP) is 3.67. The van der Waals surface area contributed by atoms with Gasteiger partial charge in [-0.3, -0.25) is 4.79 Å². The molecule has 1 aromatic heterocycles. The minimum atomic E-state index is -0.145. The number of amides is 1. The topological polar surface area (TPSA) is 72.6 Å². The van der Waals surface area contributed by atoms with Gasteiger partial charge in [0.25, 0.3) is 0 Å². The second-order valence-electron chi connectivity index (χ2n) is 6.20. The summed E-state index contributed by atoms with van der Waals surface area (Å²) >= 11 is 0. The highest BCUT2D eigenvalue weighted by Gasteiger charge is 2.34. The van der Waals surface area contributed by atoms with E-state index in [0.29, 0.717) is 29.4 Å². The number of carbonyl (C=O) groups is 1. The molecule has 2 N–H and O–H groups in total. The van der Waals surface area contributed by atoms with E-state index < -0.39 is 0 Å². The third kappa shape index (κ3) is 2.37. The number of methoxy groups -OCH3 is 3. The Morgan fingerprint density at radius 1 is 1.04 bits per heavy atom. The summed E-state index contributed by atoms with van der Waals surface area (Å²) in [6, 6.07) is 9.89. The van der Waals surface area contributed by atoms with E-state index in [1.165, 1.54) is 0 Å². The van der Waals surface area contributed by atoms with Crippen molar-refractivity contribution >= 4 is 22.5 Å². The van der Waals surface area contributed by atoms with Crippen LogP contribution in [0.4, 0.5) is 5.69 Å². The zero-order chi connectivity index (χ0) is 18.3. The molecule has 2 aromatic carbocycles. The van der Waals surface area contributed by atoms with Gasteiger partial charge in [0, 0.05) is 41.1 Å². The molecule has 0 unspecified atom stereocenters. The van der Waals surface area contributed by atoms with Gasteiger partial charge < -0.3 is 24.5 Å². The average molecular weight is 352 g/mol. The summed E-state index contributed by atoms with van der Waals surface area (Å²) in [5.41, 5.74) is 3.70. The lowest BCUT2D eigenvalue weighted by molar-refractivity contribution is -0.116. The minimum Gasteiger partial charge on any atom is -0.493 e. The van der Waals surface area contributed by atoms with Crippen molar-refractivity contribution in [2.75, 3.05) is 26.6 Å². The number of nitrogens with one attached hydrogen (secondary N) is 2. The van der Waals surface area contributed by atoms with Crippen molar-refractivity contribution in [2.45, 2.75) is 12.3 Å². The van der Waals surface area contributed by atoms with Gasteiger partial charge in [-0.2, -0.15) is 0 Å². The number of rotatable bonds is 4. The first kappa shape index (κ1) is 16.3. The number of hydrogen-bond acceptors (Lipinski definition) is 4. The van der Waals surface area contributed by atoms with Crippen LogP contribution in [0, 0.1) is 0 Å². The zero-order valence-electron chi connectivity index (χ0n) is 14.9. The molecule has 2 heterocycles. The number of fused-ring (bicyclic) bond motifs is 2. The summed E-state index contributed by atoms with van der Waals surface area (Å²) in [6.07, 6.45) is 2.24. The van der Waals surface area contributed by atoms with E-state index in [-0.39, 0.29) is 11.8 Å². The molecule has 4 rings (SSSR count). The fraction of sp³-hybridized carbons (Fsp3) is 0.250. The maximum Gasteiger partial charge on any atom is 0.225 e. The summed E-state index contributed by atoms with van der Waals surface area (Å²) in [6.45, 7) is 0. The molecule has 0 fully saturated rings. The van der Waals surface area contributed by atoms with Crippen LogP contribution in [0.15, 0.2) is 36.5 Å². The number of anilines is 1. The number of benzene rings is 2. The summed E-state index contributed by atoms with van der Waals surface area (Å²) in [5, 5.41) is 4.03. The number of aromatic nitrogens is 1. The number of hydrogen-bond donors (Lipinski definition) is 2. The molecule has 0 bridgehead atoms. The smallest absolute Gasteiger partial charge is 0.225 e. The number of aromatic amines is 1. The van der Waals surface area contributed by atoms with E-state index in [4.69, 9.17) is 14.2 Å². The Labute approximate surface area is 151 Å². The summed E-state index contributed by atoms with van der Waals surface area (Å²) in [4.78, 5) is 15.6. The van der Waals surface area contributed by atoms with Crippen molar-refractivity contribution in [3.63, 3.8) is 0 Å². The largest absolute Gasteiger partial charge is 0.493 e. The molecular weight excluding hydrogens is 332 g/mol. The molecule has 0 saturated heterocycles. The van der Waals surface area contributed by atoms with Gasteiger partial charge in [-0.1, -0.05) is 12.1 Å². The van der Waals surface area contributed by atoms with Crippen molar-refractivity contribution in [2.24, 2.45) is 0 Å². The van der Waals surface area contributed by atoms with E-state index in [1.54, 1.807) is 27.4 Å². The van der Waals surface area contributed by atoms with Crippen molar-refractivity contribution in [1.29, 1.82) is 0 Å². The fourth-order valence-electron chi connectivity index (χ4n) is 3.80. The van der Waals surface area contributed by atoms with Gasteiger partial charge in [0.15, 0.2) is 11.5 Å². The lowest BCUT2D eigenvalue weighted by Crippen LogP contribution is -2.24. The predicted molar refractivity (Wildman–Crippen MR) is 99.5 cm³/mol. The van der Waals surface area contributed by atoms with Gasteiger partial charge >= 0.3 is 0 Å². The lowest BCUT2D eigenvalue weighted by atomic mass is 9.82. The first-order valence-electron chi connectivity index (χ1n) is 8.36. The van der Waals surface area contributed by atoms with Crippen molar-refractivity contribution < 1.29 is 19.0 Å². The molecule has 6 nitrogen and oxygen atoms in total. The molecule has 1 aliphatic rings. The number of ether oxygens (including phenoxy) is 3. The molecule has 134 valence electrons. The van der Waals surface area contributed by atoms with Gasteiger partial charge in [0.2, 0.25) is 11.7 Å². The first-order chi connectivity index (χ1) is 12.7. The van der Waals surface area contributed by atoms with E-state index in [2.05, 4.69) is 16.4 Å². The zero-order valence-corrected chi connectivity index (χ0v) is 14.9. The van der Waals surface area contributed by atoms with E-state index in [1.807, 2.05) is 24.4 Å². The molecule has 1 atom stereocenters. The van der Waals surface area contributed by atoms with Crippen molar-refractivity contribution in [3.05, 3.63) is 47.7 Å². The highest BCUT2D eigenvalue weighted by molar-refractivity contribution is 5.98. The second kappa shape index (κ2) is 6.29. The summed E-state index contributed by atoms with van der Waals surface area (Å²) < 4.78 is 16.7. The van der Waals surface area contributed by atoms with Crippen LogP contribution in [0.1, 0.15) is 23.5 Å². The van der Waals surface area contributed by atoms with Crippen LogP contribution in [-0.4, -0.2) is 32.2 Å². The highest BCUT2D eigenvalue weighted by Crippen LogP contribution is 2.51. The van der Waals surface area contributed by atoms with E-state index in [0.717, 1.165) is 22.0 Å². The summed E-state index contributed by atoms with van der Waals surface area (Å²) in [5.74, 6) is 1.44. The van der Waals surface area contributed by atoms with Crippen LogP contribution >= 0.6 is 0 Å². The Kier molecular flexibility index (Phi) is 3.95. The van der Waals surface area contributed by atoms with Gasteiger partial charge in [-0.05, 0) is 17.7 Å². The maximum absolute atomic E-state index is 12.4. The first-order valence-corrected chi connectivity index (χ1v) is 8.36. The molecule has 0 spiro atoms. The van der Waals surface area contributed by atoms with Crippen molar-refractivity contribution in [1.82, 2.24) is 4.98 Å². The quantitative estimate of drug-likeness (QED) is 0.751. The Morgan fingerprint density at radius 3 is 2.58 bits per heavy atom. The normalized spacial score (nSPS) is 16.1. The van der Waals surface area contributed by atoms with Crippen LogP contribution in [0.3, 0.4) is 0 Å². The Hall–Kier alpha value is -3.15. The van der Waals surface area contributed by atoms with Gasteiger partial charge in [-0.25, -0.2) is 0 Å². The molecule has 1 aliphatic heterocycles. The lowest BCUT2D eigenvalue weighted by Gasteiger charge is -2.29. The molecule has 1 amide bonds. The molecule has 0 saturated carbocycles. The van der Waals surface area contributed by atoms with Crippen LogP contribution in [0.2, 0.25) is 0 Å². The third-order valence-corrected chi connectivity index (χ3v) is 4.88. The highest BCUT2D eigenvalue weighted by atomic mass is 16.5. The van der Waals surface area contributed by atoms with Gasteiger partial charge in [0.05, 0.1) is 27.0 Å². The molecule has 6 heteroatoms. The minimum absolute atomic E-state index is 0.0377. The molecular formula is C20H20N2O4. The Balaban J connectivity index is 2.00. The molecule has 0 radical (unpaired) electrons. The molecule has 3 aromatic rings. The van der Waals surface area contributed by atoms with Crippen LogP contribution in [-0.2, 0) is 4.79 Å². The second-order valence-corrected chi connectivity index (χ2v) is 6.20.